The van der Waals surface area contributed by atoms with Gasteiger partial charge in [0.1, 0.15) is 5.82 Å². The van der Waals surface area contributed by atoms with Crippen LogP contribution in [0.1, 0.15) is 38.7 Å². The minimum absolute atomic E-state index is 0.136. The van der Waals surface area contributed by atoms with Crippen LogP contribution >= 0.6 is 0 Å². The Morgan fingerprint density at radius 1 is 1.10 bits per heavy atom. The Morgan fingerprint density at radius 2 is 1.70 bits per heavy atom. The van der Waals surface area contributed by atoms with Crippen molar-refractivity contribution < 1.29 is 4.39 Å². The van der Waals surface area contributed by atoms with Crippen molar-refractivity contribution in [2.75, 3.05) is 13.1 Å². The average Bonchev–Trinajstić information content (AvgIpc) is 2.89. The minimum atomic E-state index is -0.136. The molecule has 0 N–H and O–H groups in total. The molecule has 1 aliphatic heterocycles. The van der Waals surface area contributed by atoms with Gasteiger partial charge in [0.2, 0.25) is 0 Å². The summed E-state index contributed by atoms with van der Waals surface area (Å²) in [4.78, 5) is 2.56. The molecule has 2 unspecified atom stereocenters. The van der Waals surface area contributed by atoms with Crippen molar-refractivity contribution >= 4 is 0 Å². The van der Waals surface area contributed by atoms with Gasteiger partial charge in [0.25, 0.3) is 0 Å². The van der Waals surface area contributed by atoms with Gasteiger partial charge in [-0.2, -0.15) is 0 Å². The predicted octanol–water partition coefficient (Wildman–Crippen LogP) is 4.33. The Balaban J connectivity index is 1.51. The summed E-state index contributed by atoms with van der Waals surface area (Å²) in [5.74, 6) is 3.51. The highest BCUT2D eigenvalue weighted by Crippen LogP contribution is 2.44. The SMILES string of the molecule is CC(C)CC1CC2CN(Cc3ccc(F)cc3)CC2C1. The van der Waals surface area contributed by atoms with Crippen LogP contribution < -0.4 is 0 Å². The Hall–Kier alpha value is -0.890. The third-order valence-electron chi connectivity index (χ3n) is 5.05. The molecule has 3 rings (SSSR count). The molecule has 20 heavy (non-hydrogen) atoms. The summed E-state index contributed by atoms with van der Waals surface area (Å²) < 4.78 is 12.9. The molecule has 0 aromatic heterocycles. The van der Waals surface area contributed by atoms with E-state index in [0.29, 0.717) is 0 Å². The van der Waals surface area contributed by atoms with Crippen LogP contribution in [-0.4, -0.2) is 18.0 Å². The summed E-state index contributed by atoms with van der Waals surface area (Å²) in [6.45, 7) is 8.17. The number of hydrogen-bond donors (Lipinski definition) is 0. The number of nitrogens with zero attached hydrogens (tertiary/aromatic N) is 1. The molecule has 1 saturated carbocycles. The van der Waals surface area contributed by atoms with Gasteiger partial charge in [-0.1, -0.05) is 26.0 Å². The van der Waals surface area contributed by atoms with Crippen molar-refractivity contribution in [3.63, 3.8) is 0 Å². The van der Waals surface area contributed by atoms with Gasteiger partial charge in [-0.3, -0.25) is 4.90 Å². The molecule has 1 aliphatic carbocycles. The van der Waals surface area contributed by atoms with Crippen molar-refractivity contribution in [3.05, 3.63) is 35.6 Å². The zero-order valence-electron chi connectivity index (χ0n) is 12.7. The van der Waals surface area contributed by atoms with E-state index >= 15 is 0 Å². The van der Waals surface area contributed by atoms with E-state index in [1.54, 1.807) is 12.1 Å². The first kappa shape index (κ1) is 14.1. The van der Waals surface area contributed by atoms with E-state index in [1.807, 2.05) is 12.1 Å². The van der Waals surface area contributed by atoms with Crippen LogP contribution in [0.4, 0.5) is 4.39 Å². The zero-order valence-corrected chi connectivity index (χ0v) is 12.7. The highest BCUT2D eigenvalue weighted by molar-refractivity contribution is 5.16. The van der Waals surface area contributed by atoms with Crippen molar-refractivity contribution in [1.29, 1.82) is 0 Å². The van der Waals surface area contributed by atoms with Crippen molar-refractivity contribution in [3.8, 4) is 0 Å². The second-order valence-corrected chi connectivity index (χ2v) is 7.31. The summed E-state index contributed by atoms with van der Waals surface area (Å²) in [6, 6.07) is 6.99. The molecule has 2 fully saturated rings. The molecule has 0 radical (unpaired) electrons. The standard InChI is InChI=1S/C18H26FN/c1-13(2)7-15-8-16-11-20(12-17(16)9-15)10-14-3-5-18(19)6-4-14/h3-6,13,15-17H,7-12H2,1-2H3. The lowest BCUT2D eigenvalue weighted by Gasteiger charge is -2.19. The molecule has 2 aliphatic rings. The Labute approximate surface area is 122 Å². The van der Waals surface area contributed by atoms with Crippen molar-refractivity contribution in [1.82, 2.24) is 4.90 Å². The summed E-state index contributed by atoms with van der Waals surface area (Å²) in [5, 5.41) is 0. The minimum Gasteiger partial charge on any atom is -0.299 e. The first-order chi connectivity index (χ1) is 9.60. The maximum Gasteiger partial charge on any atom is 0.123 e. The van der Waals surface area contributed by atoms with E-state index in [4.69, 9.17) is 0 Å². The molecular formula is C18H26FN. The lowest BCUT2D eigenvalue weighted by Crippen LogP contribution is -2.22. The molecule has 1 saturated heterocycles. The summed E-state index contributed by atoms with van der Waals surface area (Å²) in [5.41, 5.74) is 1.24. The van der Waals surface area contributed by atoms with E-state index in [1.165, 1.54) is 37.9 Å². The fraction of sp³-hybridized carbons (Fsp3) is 0.667. The highest BCUT2D eigenvalue weighted by Gasteiger charge is 2.40. The van der Waals surface area contributed by atoms with Crippen LogP contribution in [0, 0.1) is 29.5 Å². The molecule has 0 bridgehead atoms. The second-order valence-electron chi connectivity index (χ2n) is 7.31. The molecule has 2 heteroatoms. The fourth-order valence-corrected chi connectivity index (χ4v) is 4.36. The molecule has 1 heterocycles. The normalized spacial score (nSPS) is 30.1. The number of hydrogen-bond acceptors (Lipinski definition) is 1. The van der Waals surface area contributed by atoms with Crippen LogP contribution in [0.5, 0.6) is 0 Å². The lowest BCUT2D eigenvalue weighted by atomic mass is 9.94. The van der Waals surface area contributed by atoms with Crippen LogP contribution in [-0.2, 0) is 6.54 Å². The average molecular weight is 275 g/mol. The topological polar surface area (TPSA) is 3.24 Å². The second kappa shape index (κ2) is 5.85. The summed E-state index contributed by atoms with van der Waals surface area (Å²) in [7, 11) is 0. The number of fused-ring (bicyclic) bond motifs is 1. The van der Waals surface area contributed by atoms with E-state index in [2.05, 4.69) is 18.7 Å². The lowest BCUT2D eigenvalue weighted by molar-refractivity contribution is 0.281. The van der Waals surface area contributed by atoms with Crippen LogP contribution in [0.15, 0.2) is 24.3 Å². The molecule has 0 amide bonds. The van der Waals surface area contributed by atoms with E-state index in [9.17, 15) is 4.39 Å². The van der Waals surface area contributed by atoms with Gasteiger partial charge in [-0.15, -0.1) is 0 Å². The van der Waals surface area contributed by atoms with Gasteiger partial charge >= 0.3 is 0 Å². The predicted molar refractivity (Wildman–Crippen MR) is 80.8 cm³/mol. The molecule has 0 spiro atoms. The van der Waals surface area contributed by atoms with Gasteiger partial charge in [0.05, 0.1) is 0 Å². The number of halogens is 1. The third-order valence-corrected chi connectivity index (χ3v) is 5.05. The van der Waals surface area contributed by atoms with Crippen molar-refractivity contribution in [2.45, 2.75) is 39.7 Å². The monoisotopic (exact) mass is 275 g/mol. The maximum absolute atomic E-state index is 12.9. The quantitative estimate of drug-likeness (QED) is 0.790. The Bertz CT molecular complexity index is 425. The molecule has 1 aromatic rings. The van der Waals surface area contributed by atoms with Gasteiger partial charge in [0.15, 0.2) is 0 Å². The van der Waals surface area contributed by atoms with Crippen molar-refractivity contribution in [2.24, 2.45) is 23.7 Å². The Morgan fingerprint density at radius 3 is 2.25 bits per heavy atom. The summed E-state index contributed by atoms with van der Waals surface area (Å²) >= 11 is 0. The van der Waals surface area contributed by atoms with Gasteiger partial charge < -0.3 is 0 Å². The summed E-state index contributed by atoms with van der Waals surface area (Å²) in [6.07, 6.45) is 4.27. The molecule has 2 atom stereocenters. The first-order valence-electron chi connectivity index (χ1n) is 8.07. The highest BCUT2D eigenvalue weighted by atomic mass is 19.1. The van der Waals surface area contributed by atoms with E-state index in [-0.39, 0.29) is 5.82 Å². The molecule has 110 valence electrons. The zero-order chi connectivity index (χ0) is 14.1. The van der Waals surface area contributed by atoms with E-state index < -0.39 is 0 Å². The van der Waals surface area contributed by atoms with Gasteiger partial charge in [-0.05, 0) is 60.6 Å². The van der Waals surface area contributed by atoms with Gasteiger partial charge in [0, 0.05) is 19.6 Å². The van der Waals surface area contributed by atoms with Gasteiger partial charge in [-0.25, -0.2) is 4.39 Å². The third kappa shape index (κ3) is 3.22. The molecule has 1 nitrogen and oxygen atoms in total. The smallest absolute Gasteiger partial charge is 0.123 e. The largest absolute Gasteiger partial charge is 0.299 e. The van der Waals surface area contributed by atoms with Crippen LogP contribution in [0.2, 0.25) is 0 Å². The Kier molecular flexibility index (Phi) is 4.11. The molecule has 1 aromatic carbocycles. The first-order valence-corrected chi connectivity index (χ1v) is 8.07. The number of benzene rings is 1. The number of rotatable bonds is 4. The number of likely N-dealkylation sites (tertiary alicyclic amines) is 1. The van der Waals surface area contributed by atoms with Crippen LogP contribution in [0.25, 0.3) is 0 Å². The maximum atomic E-state index is 12.9. The van der Waals surface area contributed by atoms with Crippen LogP contribution in [0.3, 0.4) is 0 Å². The fourth-order valence-electron chi connectivity index (χ4n) is 4.36. The van der Waals surface area contributed by atoms with E-state index in [0.717, 1.165) is 30.2 Å². The molecular weight excluding hydrogens is 249 g/mol.